The number of rotatable bonds is 3. The molecule has 3 heterocycles. The summed E-state index contributed by atoms with van der Waals surface area (Å²) in [5, 5.41) is 0. The molecule has 1 spiro atoms. The van der Waals surface area contributed by atoms with Crippen molar-refractivity contribution in [3.8, 4) is 0 Å². The number of anilines is 1. The first-order valence-corrected chi connectivity index (χ1v) is 9.08. The molecule has 126 valence electrons. The molecule has 6 nitrogen and oxygen atoms in total. The molecule has 1 saturated heterocycles. The Kier molecular flexibility index (Phi) is 3.00. The Labute approximate surface area is 142 Å². The van der Waals surface area contributed by atoms with Crippen LogP contribution in [0.25, 0.3) is 0 Å². The third kappa shape index (κ3) is 2.01. The maximum atomic E-state index is 13.3. The zero-order valence-electron chi connectivity index (χ0n) is 14.1. The van der Waals surface area contributed by atoms with E-state index in [0.29, 0.717) is 17.8 Å². The number of nitrogens with zero attached hydrogens (tertiary/aromatic N) is 5. The van der Waals surface area contributed by atoms with Gasteiger partial charge in [-0.2, -0.15) is 0 Å². The highest BCUT2D eigenvalue weighted by Gasteiger charge is 2.61. The van der Waals surface area contributed by atoms with Crippen LogP contribution in [0.1, 0.15) is 32.6 Å². The molecule has 0 aromatic carbocycles. The molecule has 1 aromatic rings. The fourth-order valence-electron chi connectivity index (χ4n) is 4.87. The Morgan fingerprint density at radius 3 is 2.75 bits per heavy atom. The lowest BCUT2D eigenvalue weighted by molar-refractivity contribution is -0.132. The molecule has 0 unspecified atom stereocenters. The van der Waals surface area contributed by atoms with Crippen molar-refractivity contribution >= 4 is 17.7 Å². The second-order valence-corrected chi connectivity index (χ2v) is 7.80. The molecular formula is C18H23N5O. The van der Waals surface area contributed by atoms with Gasteiger partial charge in [0.25, 0.3) is 5.91 Å². The van der Waals surface area contributed by atoms with Crippen molar-refractivity contribution in [1.29, 1.82) is 0 Å². The summed E-state index contributed by atoms with van der Waals surface area (Å²) >= 11 is 0. The highest BCUT2D eigenvalue weighted by molar-refractivity contribution is 6.07. The van der Waals surface area contributed by atoms with Gasteiger partial charge in [-0.3, -0.25) is 14.7 Å². The first-order chi connectivity index (χ1) is 11.7. The van der Waals surface area contributed by atoms with Crippen molar-refractivity contribution < 1.29 is 4.79 Å². The molecule has 5 rings (SSSR count). The second-order valence-electron chi connectivity index (χ2n) is 7.80. The standard InChI is InChI=1S/C18H23N5O/c1-12-21-18(16(24)23(12)9-13-3-4-13)6-5-14-10-22(11-15(14)18)17-19-7-2-8-20-17/h2,7-8,13-15H,3-6,9-11H2,1H3/t14-,15+,18-/m1/s1. The molecule has 3 atom stereocenters. The maximum absolute atomic E-state index is 13.3. The molecule has 0 N–H and O–H groups in total. The Morgan fingerprint density at radius 1 is 1.21 bits per heavy atom. The zero-order chi connectivity index (χ0) is 16.3. The number of hydrogen-bond acceptors (Lipinski definition) is 5. The van der Waals surface area contributed by atoms with E-state index in [9.17, 15) is 4.79 Å². The quantitative estimate of drug-likeness (QED) is 0.849. The van der Waals surface area contributed by atoms with E-state index in [-0.39, 0.29) is 5.91 Å². The average Bonchev–Trinajstić information content (AvgIpc) is 3.13. The van der Waals surface area contributed by atoms with Gasteiger partial charge in [0, 0.05) is 37.9 Å². The summed E-state index contributed by atoms with van der Waals surface area (Å²) in [5.74, 6) is 3.49. The minimum Gasteiger partial charge on any atom is -0.340 e. The molecule has 2 aliphatic carbocycles. The molecule has 1 amide bonds. The van der Waals surface area contributed by atoms with Gasteiger partial charge in [0.1, 0.15) is 11.4 Å². The summed E-state index contributed by atoms with van der Waals surface area (Å²) in [6.45, 7) is 4.67. The molecule has 2 aliphatic heterocycles. The predicted octanol–water partition coefficient (Wildman–Crippen LogP) is 1.73. The fraction of sp³-hybridized carbons (Fsp3) is 0.667. The molecule has 1 aromatic heterocycles. The van der Waals surface area contributed by atoms with Crippen LogP contribution in [-0.2, 0) is 4.79 Å². The zero-order valence-corrected chi connectivity index (χ0v) is 14.1. The van der Waals surface area contributed by atoms with Crippen LogP contribution in [0.5, 0.6) is 0 Å². The first kappa shape index (κ1) is 14.4. The van der Waals surface area contributed by atoms with Crippen molar-refractivity contribution in [3.63, 3.8) is 0 Å². The summed E-state index contributed by atoms with van der Waals surface area (Å²) in [6.07, 6.45) is 8.07. The van der Waals surface area contributed by atoms with Gasteiger partial charge in [0.05, 0.1) is 0 Å². The molecule has 0 radical (unpaired) electrons. The molecule has 0 bridgehead atoms. The van der Waals surface area contributed by atoms with E-state index in [1.807, 2.05) is 17.9 Å². The normalized spacial score (nSPS) is 35.0. The number of fused-ring (bicyclic) bond motifs is 2. The summed E-state index contributed by atoms with van der Waals surface area (Å²) in [6, 6.07) is 1.84. The van der Waals surface area contributed by atoms with Gasteiger partial charge in [-0.15, -0.1) is 0 Å². The van der Waals surface area contributed by atoms with Gasteiger partial charge in [-0.25, -0.2) is 9.97 Å². The highest BCUT2D eigenvalue weighted by Crippen LogP contribution is 2.51. The van der Waals surface area contributed by atoms with Crippen LogP contribution >= 0.6 is 0 Å². The largest absolute Gasteiger partial charge is 0.340 e. The number of aromatic nitrogens is 2. The van der Waals surface area contributed by atoms with E-state index in [2.05, 4.69) is 14.9 Å². The van der Waals surface area contributed by atoms with Crippen molar-refractivity contribution in [2.75, 3.05) is 24.5 Å². The fourth-order valence-corrected chi connectivity index (χ4v) is 4.87. The van der Waals surface area contributed by atoms with E-state index < -0.39 is 5.54 Å². The van der Waals surface area contributed by atoms with Crippen LogP contribution in [0.4, 0.5) is 5.95 Å². The first-order valence-electron chi connectivity index (χ1n) is 9.08. The Bertz CT molecular complexity index is 701. The van der Waals surface area contributed by atoms with Crippen molar-refractivity contribution in [2.45, 2.75) is 38.1 Å². The van der Waals surface area contributed by atoms with Gasteiger partial charge >= 0.3 is 0 Å². The van der Waals surface area contributed by atoms with E-state index in [1.165, 1.54) is 12.8 Å². The molecular weight excluding hydrogens is 302 g/mol. The molecule has 4 aliphatic rings. The van der Waals surface area contributed by atoms with Gasteiger partial charge in [0.15, 0.2) is 0 Å². The number of aliphatic imine (C=N–C) groups is 1. The number of amides is 1. The van der Waals surface area contributed by atoms with Crippen molar-refractivity contribution in [2.24, 2.45) is 22.7 Å². The third-order valence-corrected chi connectivity index (χ3v) is 6.29. The molecule has 6 heteroatoms. The SMILES string of the molecule is CC1=N[C@@]2(CC[C@@H]3CN(c4ncccn4)C[C@@H]32)C(=O)N1CC1CC1. The summed E-state index contributed by atoms with van der Waals surface area (Å²) < 4.78 is 0. The Hall–Kier alpha value is -1.98. The summed E-state index contributed by atoms with van der Waals surface area (Å²) in [4.78, 5) is 31.2. The van der Waals surface area contributed by atoms with Gasteiger partial charge in [0.2, 0.25) is 5.95 Å². The smallest absolute Gasteiger partial charge is 0.256 e. The minimum atomic E-state index is -0.507. The van der Waals surface area contributed by atoms with Crippen molar-refractivity contribution in [3.05, 3.63) is 18.5 Å². The number of hydrogen-bond donors (Lipinski definition) is 0. The number of carbonyl (C=O) groups is 1. The second kappa shape index (κ2) is 5.01. The van der Waals surface area contributed by atoms with Crippen molar-refractivity contribution in [1.82, 2.24) is 14.9 Å². The Morgan fingerprint density at radius 2 is 2.00 bits per heavy atom. The van der Waals surface area contributed by atoms with E-state index >= 15 is 0 Å². The lowest BCUT2D eigenvalue weighted by atomic mass is 9.85. The summed E-state index contributed by atoms with van der Waals surface area (Å²) in [7, 11) is 0. The lowest BCUT2D eigenvalue weighted by Gasteiger charge is -2.28. The third-order valence-electron chi connectivity index (χ3n) is 6.29. The van der Waals surface area contributed by atoms with Gasteiger partial charge in [-0.05, 0) is 50.5 Å². The maximum Gasteiger partial charge on any atom is 0.256 e. The Balaban J connectivity index is 1.41. The van der Waals surface area contributed by atoms with E-state index in [0.717, 1.165) is 44.3 Å². The highest BCUT2D eigenvalue weighted by atomic mass is 16.2. The number of carbonyl (C=O) groups excluding carboxylic acids is 1. The van der Waals surface area contributed by atoms with Crippen LogP contribution in [0.15, 0.2) is 23.5 Å². The van der Waals surface area contributed by atoms with Crippen LogP contribution in [0.2, 0.25) is 0 Å². The van der Waals surface area contributed by atoms with Crippen LogP contribution in [-0.4, -0.2) is 51.8 Å². The minimum absolute atomic E-state index is 0.259. The van der Waals surface area contributed by atoms with Gasteiger partial charge < -0.3 is 4.90 Å². The summed E-state index contributed by atoms with van der Waals surface area (Å²) in [5.41, 5.74) is -0.507. The molecule has 2 saturated carbocycles. The number of amidine groups is 1. The van der Waals surface area contributed by atoms with Gasteiger partial charge in [-0.1, -0.05) is 0 Å². The topological polar surface area (TPSA) is 61.7 Å². The lowest BCUT2D eigenvalue weighted by Crippen LogP contribution is -2.47. The molecule has 24 heavy (non-hydrogen) atoms. The van der Waals surface area contributed by atoms with Crippen LogP contribution in [0.3, 0.4) is 0 Å². The van der Waals surface area contributed by atoms with Crippen LogP contribution < -0.4 is 4.90 Å². The van der Waals surface area contributed by atoms with Crippen LogP contribution in [0, 0.1) is 17.8 Å². The van der Waals surface area contributed by atoms with E-state index in [4.69, 9.17) is 4.99 Å². The predicted molar refractivity (Wildman–Crippen MR) is 90.7 cm³/mol. The monoisotopic (exact) mass is 325 g/mol. The molecule has 3 fully saturated rings. The van der Waals surface area contributed by atoms with E-state index in [1.54, 1.807) is 12.4 Å². The average molecular weight is 325 g/mol.